The van der Waals surface area contributed by atoms with Gasteiger partial charge in [-0.25, -0.2) is 4.98 Å². The Morgan fingerprint density at radius 1 is 0.975 bits per heavy atom. The molecular weight excluding hydrogens is 504 g/mol. The number of carbonyl (C=O) groups excluding carboxylic acids is 2. The maximum Gasteiger partial charge on any atom is 0.258 e. The highest BCUT2D eigenvalue weighted by Crippen LogP contribution is 2.40. The summed E-state index contributed by atoms with van der Waals surface area (Å²) in [6, 6.07) is 20.0. The number of para-hydroxylation sites is 1. The Kier molecular flexibility index (Phi) is 6.81. The topological polar surface area (TPSA) is 94.8 Å². The van der Waals surface area contributed by atoms with Gasteiger partial charge in [-0.2, -0.15) is 0 Å². The van der Waals surface area contributed by atoms with E-state index in [0.717, 1.165) is 65.6 Å². The highest BCUT2D eigenvalue weighted by Gasteiger charge is 2.35. The van der Waals surface area contributed by atoms with Gasteiger partial charge in [0.05, 0.1) is 30.0 Å². The maximum atomic E-state index is 13.3. The zero-order valence-electron chi connectivity index (χ0n) is 22.9. The van der Waals surface area contributed by atoms with Crippen LogP contribution in [0.3, 0.4) is 0 Å². The van der Waals surface area contributed by atoms with Gasteiger partial charge in [-0.1, -0.05) is 41.6 Å². The van der Waals surface area contributed by atoms with Crippen molar-refractivity contribution in [2.75, 3.05) is 48.3 Å². The Balaban J connectivity index is 1.15. The van der Waals surface area contributed by atoms with Crippen LogP contribution in [0.2, 0.25) is 0 Å². The molecule has 6 rings (SSSR count). The summed E-state index contributed by atoms with van der Waals surface area (Å²) in [6.45, 7) is 6.89. The van der Waals surface area contributed by atoms with Gasteiger partial charge in [-0.05, 0) is 49.2 Å². The van der Waals surface area contributed by atoms with E-state index in [-0.39, 0.29) is 24.3 Å². The number of piperazine rings is 1. The fourth-order valence-electron chi connectivity index (χ4n) is 5.78. The second-order valence-electron chi connectivity index (χ2n) is 10.4. The Hall–Kier alpha value is -4.50. The molecule has 1 atom stereocenters. The van der Waals surface area contributed by atoms with Crippen LogP contribution in [0, 0.1) is 13.8 Å². The van der Waals surface area contributed by atoms with Gasteiger partial charge in [0, 0.05) is 50.0 Å². The lowest BCUT2D eigenvalue weighted by molar-refractivity contribution is -0.115. The van der Waals surface area contributed by atoms with Crippen molar-refractivity contribution in [3.05, 3.63) is 101 Å². The molecule has 4 aromatic rings. The molecule has 2 aliphatic rings. The molecule has 1 N–H and O–H groups in total. The molecule has 2 amide bonds. The van der Waals surface area contributed by atoms with E-state index in [1.165, 1.54) is 0 Å². The molecule has 2 aromatic carbocycles. The van der Waals surface area contributed by atoms with Gasteiger partial charge in [-0.3, -0.25) is 14.5 Å². The van der Waals surface area contributed by atoms with Crippen LogP contribution < -0.4 is 15.1 Å². The number of fused-ring (bicyclic) bond motifs is 2. The van der Waals surface area contributed by atoms with E-state index in [4.69, 9.17) is 4.52 Å². The van der Waals surface area contributed by atoms with Gasteiger partial charge < -0.3 is 19.6 Å². The van der Waals surface area contributed by atoms with E-state index in [1.54, 1.807) is 11.1 Å². The summed E-state index contributed by atoms with van der Waals surface area (Å²) in [5, 5.41) is 6.83. The predicted octanol–water partition coefficient (Wildman–Crippen LogP) is 4.37. The first-order valence-corrected chi connectivity index (χ1v) is 13.5. The monoisotopic (exact) mass is 536 g/mol. The molecule has 2 aromatic heterocycles. The van der Waals surface area contributed by atoms with Crippen LogP contribution in [0.15, 0.2) is 71.4 Å². The summed E-state index contributed by atoms with van der Waals surface area (Å²) in [5.74, 6) is 1.42. The lowest BCUT2D eigenvalue weighted by atomic mass is 9.93. The number of carbonyl (C=O) groups is 2. The van der Waals surface area contributed by atoms with Crippen molar-refractivity contribution in [3.8, 4) is 0 Å². The van der Waals surface area contributed by atoms with Gasteiger partial charge in [0.2, 0.25) is 5.91 Å². The normalized spacial score (nSPS) is 17.3. The first-order chi connectivity index (χ1) is 19.4. The highest BCUT2D eigenvalue weighted by molar-refractivity contribution is 6.08. The molecule has 1 saturated heterocycles. The van der Waals surface area contributed by atoms with Crippen LogP contribution in [-0.2, 0) is 11.2 Å². The average molecular weight is 537 g/mol. The third kappa shape index (κ3) is 4.73. The van der Waals surface area contributed by atoms with E-state index < -0.39 is 0 Å². The fourth-order valence-corrected chi connectivity index (χ4v) is 5.78. The van der Waals surface area contributed by atoms with Crippen molar-refractivity contribution in [2.45, 2.75) is 26.3 Å². The fraction of sp³-hybridized carbons (Fsp3) is 0.290. The summed E-state index contributed by atoms with van der Waals surface area (Å²) < 4.78 is 5.16. The molecule has 9 heteroatoms. The van der Waals surface area contributed by atoms with Crippen LogP contribution >= 0.6 is 0 Å². The molecule has 0 radical (unpaired) electrons. The number of hydrogen-bond donors (Lipinski definition) is 1. The van der Waals surface area contributed by atoms with Gasteiger partial charge >= 0.3 is 0 Å². The van der Waals surface area contributed by atoms with Crippen LogP contribution in [-0.4, -0.2) is 60.1 Å². The SMILES string of the molecule is Cc1noc(C)c1CC(=O)Nc1ccc(N2CCN(C3c4ccccc4C(=O)N(C)c4ccccc43)CC2)nc1. The van der Waals surface area contributed by atoms with Crippen molar-refractivity contribution < 1.29 is 14.1 Å². The van der Waals surface area contributed by atoms with Gasteiger partial charge in [0.15, 0.2) is 0 Å². The minimum absolute atomic E-state index is 0.00769. The second kappa shape index (κ2) is 10.6. The van der Waals surface area contributed by atoms with Crippen molar-refractivity contribution in [3.63, 3.8) is 0 Å². The standard InChI is InChI=1S/C31H32N6O3/c1-20-26(21(2)40-34-20)18-29(38)33-22-12-13-28(32-19-22)36-14-16-37(17-15-36)30-23-8-4-5-9-24(23)31(39)35(3)27-11-7-6-10-25(27)30/h4-13,19,30H,14-18H2,1-3H3,(H,33,38). The van der Waals surface area contributed by atoms with E-state index in [9.17, 15) is 9.59 Å². The number of nitrogens with one attached hydrogen (secondary N) is 1. The summed E-state index contributed by atoms with van der Waals surface area (Å²) >= 11 is 0. The van der Waals surface area contributed by atoms with Gasteiger partial charge in [-0.15, -0.1) is 0 Å². The average Bonchev–Trinajstić information content (AvgIpc) is 3.25. The first-order valence-electron chi connectivity index (χ1n) is 13.5. The van der Waals surface area contributed by atoms with E-state index >= 15 is 0 Å². The third-order valence-corrected chi connectivity index (χ3v) is 7.94. The number of amides is 2. The van der Waals surface area contributed by atoms with Gasteiger partial charge in [0.25, 0.3) is 5.91 Å². The maximum absolute atomic E-state index is 13.3. The minimum atomic E-state index is -0.134. The zero-order valence-corrected chi connectivity index (χ0v) is 22.9. The number of nitrogens with zero attached hydrogens (tertiary/aromatic N) is 5. The lowest BCUT2D eigenvalue weighted by Crippen LogP contribution is -2.48. The number of anilines is 3. The number of benzene rings is 2. The highest BCUT2D eigenvalue weighted by atomic mass is 16.5. The Labute approximate surface area is 233 Å². The molecular formula is C31H32N6O3. The molecule has 4 heterocycles. The summed E-state index contributed by atoms with van der Waals surface area (Å²) in [7, 11) is 1.85. The van der Waals surface area contributed by atoms with Gasteiger partial charge in [0.1, 0.15) is 11.6 Å². The second-order valence-corrected chi connectivity index (χ2v) is 10.4. The van der Waals surface area contributed by atoms with Crippen LogP contribution in [0.1, 0.15) is 44.5 Å². The largest absolute Gasteiger partial charge is 0.361 e. The van der Waals surface area contributed by atoms with E-state index in [2.05, 4.69) is 37.4 Å². The summed E-state index contributed by atoms with van der Waals surface area (Å²) in [5.41, 5.74) is 6.09. The quantitative estimate of drug-likeness (QED) is 0.405. The third-order valence-electron chi connectivity index (χ3n) is 7.94. The number of hydrogen-bond acceptors (Lipinski definition) is 7. The van der Waals surface area contributed by atoms with Crippen LogP contribution in [0.5, 0.6) is 0 Å². The zero-order chi connectivity index (χ0) is 27.8. The summed E-state index contributed by atoms with van der Waals surface area (Å²) in [6.07, 6.45) is 1.91. The molecule has 204 valence electrons. The number of pyridine rings is 1. The molecule has 40 heavy (non-hydrogen) atoms. The smallest absolute Gasteiger partial charge is 0.258 e. The van der Waals surface area contributed by atoms with Crippen molar-refractivity contribution in [1.82, 2.24) is 15.0 Å². The number of aromatic nitrogens is 2. The van der Waals surface area contributed by atoms with Crippen molar-refractivity contribution in [1.29, 1.82) is 0 Å². The Morgan fingerprint density at radius 2 is 1.70 bits per heavy atom. The molecule has 1 unspecified atom stereocenters. The molecule has 0 bridgehead atoms. The predicted molar refractivity (Wildman–Crippen MR) is 154 cm³/mol. The Morgan fingerprint density at radius 3 is 2.40 bits per heavy atom. The minimum Gasteiger partial charge on any atom is -0.361 e. The molecule has 0 aliphatic carbocycles. The van der Waals surface area contributed by atoms with Crippen LogP contribution in [0.25, 0.3) is 0 Å². The Bertz CT molecular complexity index is 1540. The molecule has 1 fully saturated rings. The van der Waals surface area contributed by atoms with Crippen LogP contribution in [0.4, 0.5) is 17.2 Å². The molecule has 9 nitrogen and oxygen atoms in total. The van der Waals surface area contributed by atoms with E-state index in [0.29, 0.717) is 11.4 Å². The number of rotatable bonds is 5. The van der Waals surface area contributed by atoms with Crippen molar-refractivity contribution in [2.24, 2.45) is 0 Å². The molecule has 0 saturated carbocycles. The van der Waals surface area contributed by atoms with E-state index in [1.807, 2.05) is 69.4 Å². The first kappa shape index (κ1) is 25.8. The molecule has 0 spiro atoms. The van der Waals surface area contributed by atoms with Crippen molar-refractivity contribution >= 4 is 29.0 Å². The summed E-state index contributed by atoms with van der Waals surface area (Å²) in [4.78, 5) is 37.0. The molecule has 2 aliphatic heterocycles. The number of aryl methyl sites for hydroxylation is 2. The lowest BCUT2D eigenvalue weighted by Gasteiger charge is -2.40.